The van der Waals surface area contributed by atoms with Gasteiger partial charge < -0.3 is 15.6 Å². The number of benzene rings is 1. The van der Waals surface area contributed by atoms with Crippen LogP contribution in [0.1, 0.15) is 47.3 Å². The molecule has 0 atom stereocenters. The van der Waals surface area contributed by atoms with Crippen molar-refractivity contribution in [1.29, 1.82) is 0 Å². The second-order valence-corrected chi connectivity index (χ2v) is 8.41. The molecule has 0 bridgehead atoms. The van der Waals surface area contributed by atoms with Gasteiger partial charge in [-0.05, 0) is 55.5 Å². The van der Waals surface area contributed by atoms with Crippen molar-refractivity contribution >= 4 is 29.9 Å². The highest BCUT2D eigenvalue weighted by atomic mass is 35.5. The van der Waals surface area contributed by atoms with Crippen LogP contribution in [0.25, 0.3) is 0 Å². The molecule has 1 amide bonds. The number of amides is 1. The molecule has 2 aromatic heterocycles. The van der Waals surface area contributed by atoms with Gasteiger partial charge in [0.25, 0.3) is 5.91 Å². The number of hydrogen-bond donors (Lipinski definition) is 2. The fourth-order valence-corrected chi connectivity index (χ4v) is 4.66. The van der Waals surface area contributed by atoms with Crippen molar-refractivity contribution < 1.29 is 4.79 Å². The number of nitrogens with two attached hydrogens (primary N) is 1. The molecule has 0 radical (unpaired) electrons. The van der Waals surface area contributed by atoms with Gasteiger partial charge in [-0.25, -0.2) is 4.98 Å². The molecule has 1 aliphatic rings. The Morgan fingerprint density at radius 2 is 2.00 bits per heavy atom. The smallest absolute Gasteiger partial charge is 0.256 e. The second kappa shape index (κ2) is 10.3. The van der Waals surface area contributed by atoms with E-state index in [9.17, 15) is 4.79 Å². The summed E-state index contributed by atoms with van der Waals surface area (Å²) < 4.78 is 0. The molecule has 1 fully saturated rings. The third-order valence-corrected chi connectivity index (χ3v) is 6.48. The van der Waals surface area contributed by atoms with Crippen LogP contribution in [-0.2, 0) is 12.0 Å². The number of carbonyl (C=O) groups excluding carboxylic acids is 1. The summed E-state index contributed by atoms with van der Waals surface area (Å²) in [6.07, 6.45) is 10.3. The van der Waals surface area contributed by atoms with Crippen LogP contribution in [0.3, 0.4) is 0 Å². The molecule has 164 valence electrons. The largest absolute Gasteiger partial charge is 0.347 e. The molecule has 1 aliphatic carbocycles. The molecule has 4 rings (SSSR count). The molecule has 1 saturated carbocycles. The third-order valence-electron chi connectivity index (χ3n) is 6.25. The van der Waals surface area contributed by atoms with Crippen molar-refractivity contribution in [3.8, 4) is 0 Å². The zero-order valence-electron chi connectivity index (χ0n) is 17.2. The monoisotopic (exact) mass is 459 g/mol. The molecule has 31 heavy (non-hydrogen) atoms. The van der Waals surface area contributed by atoms with Gasteiger partial charge in [-0.2, -0.15) is 0 Å². The molecule has 0 saturated heterocycles. The minimum absolute atomic E-state index is 0. The lowest BCUT2D eigenvalue weighted by atomic mass is 9.68. The van der Waals surface area contributed by atoms with E-state index >= 15 is 0 Å². The number of carbonyl (C=O) groups is 1. The van der Waals surface area contributed by atoms with E-state index in [0.29, 0.717) is 18.7 Å². The number of pyridine rings is 1. The molecule has 3 N–H and O–H groups in total. The number of imidazole rings is 1. The predicted molar refractivity (Wildman–Crippen MR) is 124 cm³/mol. The molecule has 0 spiro atoms. The number of aromatic nitrogens is 3. The Hall–Kier alpha value is -2.41. The molecule has 8 heteroatoms. The van der Waals surface area contributed by atoms with E-state index < -0.39 is 0 Å². The number of H-pyrrole nitrogens is 1. The van der Waals surface area contributed by atoms with Crippen LogP contribution in [0.4, 0.5) is 0 Å². The number of nitrogens with zero attached hydrogens (tertiary/aromatic N) is 3. The molecule has 1 aromatic carbocycles. The first-order chi connectivity index (χ1) is 14.6. The summed E-state index contributed by atoms with van der Waals surface area (Å²) >= 11 is 6.24. The second-order valence-electron chi connectivity index (χ2n) is 7.98. The summed E-state index contributed by atoms with van der Waals surface area (Å²) in [7, 11) is 0. The van der Waals surface area contributed by atoms with Crippen LogP contribution in [0.2, 0.25) is 5.02 Å². The van der Waals surface area contributed by atoms with Crippen LogP contribution in [0.15, 0.2) is 61.3 Å². The molecular weight excluding hydrogens is 433 g/mol. The van der Waals surface area contributed by atoms with E-state index in [2.05, 4.69) is 21.0 Å². The number of hydrogen-bond acceptors (Lipinski definition) is 4. The highest BCUT2D eigenvalue weighted by Crippen LogP contribution is 2.41. The molecule has 0 aliphatic heterocycles. The van der Waals surface area contributed by atoms with Gasteiger partial charge in [0.15, 0.2) is 0 Å². The summed E-state index contributed by atoms with van der Waals surface area (Å²) in [5, 5.41) is 0.732. The van der Waals surface area contributed by atoms with Gasteiger partial charge in [-0.15, -0.1) is 12.4 Å². The summed E-state index contributed by atoms with van der Waals surface area (Å²) in [6.45, 7) is 1.06. The molecule has 6 nitrogen and oxygen atoms in total. The lowest BCUT2D eigenvalue weighted by Crippen LogP contribution is -2.47. The average Bonchev–Trinajstić information content (AvgIpc) is 3.31. The topological polar surface area (TPSA) is 87.9 Å². The minimum Gasteiger partial charge on any atom is -0.347 e. The lowest BCUT2D eigenvalue weighted by molar-refractivity contribution is 0.0569. The summed E-state index contributed by atoms with van der Waals surface area (Å²) in [6, 6.07) is 11.7. The summed E-state index contributed by atoms with van der Waals surface area (Å²) in [5.74, 6) is -0.00861. The highest BCUT2D eigenvalue weighted by Gasteiger charge is 2.39. The van der Waals surface area contributed by atoms with Gasteiger partial charge in [0, 0.05) is 41.6 Å². The highest BCUT2D eigenvalue weighted by molar-refractivity contribution is 6.30. The summed E-state index contributed by atoms with van der Waals surface area (Å²) in [4.78, 5) is 26.6. The Morgan fingerprint density at radius 1 is 1.19 bits per heavy atom. The van der Waals surface area contributed by atoms with Gasteiger partial charge >= 0.3 is 0 Å². The van der Waals surface area contributed by atoms with Crippen LogP contribution in [0, 0.1) is 0 Å². The van der Waals surface area contributed by atoms with Gasteiger partial charge in [0.2, 0.25) is 0 Å². The zero-order chi connectivity index (χ0) is 21.0. The van der Waals surface area contributed by atoms with Gasteiger partial charge in [0.05, 0.1) is 24.1 Å². The first-order valence-electron chi connectivity index (χ1n) is 10.3. The van der Waals surface area contributed by atoms with E-state index in [-0.39, 0.29) is 29.8 Å². The maximum atomic E-state index is 13.3. The fraction of sp³-hybridized carbons (Fsp3) is 0.348. The maximum absolute atomic E-state index is 13.3. The Bertz CT molecular complexity index is 973. The van der Waals surface area contributed by atoms with Gasteiger partial charge in [-0.1, -0.05) is 23.7 Å². The van der Waals surface area contributed by atoms with E-state index in [1.807, 2.05) is 29.2 Å². The zero-order valence-corrected chi connectivity index (χ0v) is 18.8. The van der Waals surface area contributed by atoms with Crippen molar-refractivity contribution in [2.45, 2.75) is 43.7 Å². The molecule has 2 heterocycles. The van der Waals surface area contributed by atoms with Crippen molar-refractivity contribution in [1.82, 2.24) is 19.9 Å². The Labute approximate surface area is 193 Å². The van der Waals surface area contributed by atoms with Crippen LogP contribution in [0.5, 0.6) is 0 Å². The first kappa shape index (κ1) is 23.3. The predicted octanol–water partition coefficient (Wildman–Crippen LogP) is 4.36. The van der Waals surface area contributed by atoms with Gasteiger partial charge in [0.1, 0.15) is 0 Å². The molecular formula is C23H27Cl2N5O. The number of aromatic amines is 1. The minimum atomic E-state index is -0.0988. The van der Waals surface area contributed by atoms with Crippen molar-refractivity contribution in [3.63, 3.8) is 0 Å². The van der Waals surface area contributed by atoms with Crippen LogP contribution < -0.4 is 5.73 Å². The van der Waals surface area contributed by atoms with E-state index in [1.54, 1.807) is 31.0 Å². The number of halogens is 2. The average molecular weight is 460 g/mol. The summed E-state index contributed by atoms with van der Waals surface area (Å²) in [5.41, 5.74) is 8.86. The van der Waals surface area contributed by atoms with Crippen LogP contribution in [-0.4, -0.2) is 38.3 Å². The standard InChI is InChI=1S/C23H26ClN5O.ClH/c24-19-5-1-4-18(11-19)23(15-25)8-6-21(7-9-23)29(14-20-13-27-16-28-20)22(30)17-3-2-10-26-12-17;/h1-5,10-13,16,21H,6-9,14-15,25H2,(H,27,28);1H. The van der Waals surface area contributed by atoms with Gasteiger partial charge in [-0.3, -0.25) is 9.78 Å². The third kappa shape index (κ3) is 5.09. The van der Waals surface area contributed by atoms with E-state index in [1.165, 1.54) is 5.56 Å². The SMILES string of the molecule is Cl.NCC1(c2cccc(Cl)c2)CCC(N(Cc2cnc[nH]2)C(=O)c2cccnc2)CC1. The van der Waals surface area contributed by atoms with Crippen molar-refractivity contribution in [2.75, 3.05) is 6.54 Å². The fourth-order valence-electron chi connectivity index (χ4n) is 4.47. The Morgan fingerprint density at radius 3 is 2.61 bits per heavy atom. The molecule has 0 unspecified atom stereocenters. The number of nitrogens with one attached hydrogen (secondary N) is 1. The van der Waals surface area contributed by atoms with Crippen molar-refractivity contribution in [2.24, 2.45) is 5.73 Å². The quantitative estimate of drug-likeness (QED) is 0.572. The van der Waals surface area contributed by atoms with E-state index in [0.717, 1.165) is 36.4 Å². The number of rotatable bonds is 6. The van der Waals surface area contributed by atoms with Crippen LogP contribution >= 0.6 is 24.0 Å². The Balaban J connectivity index is 0.00000272. The maximum Gasteiger partial charge on any atom is 0.256 e. The Kier molecular flexibility index (Phi) is 7.70. The molecule has 3 aromatic rings. The first-order valence-corrected chi connectivity index (χ1v) is 10.6. The van der Waals surface area contributed by atoms with Crippen molar-refractivity contribution in [3.05, 3.63) is 83.2 Å². The van der Waals surface area contributed by atoms with E-state index in [4.69, 9.17) is 17.3 Å². The normalized spacial score (nSPS) is 20.6. The lowest BCUT2D eigenvalue weighted by Gasteiger charge is -2.43.